The Morgan fingerprint density at radius 3 is 2.67 bits per heavy atom. The lowest BCUT2D eigenvalue weighted by Crippen LogP contribution is -2.41. The first kappa shape index (κ1) is 14.2. The largest absolute Gasteiger partial charge is 0.480 e. The Labute approximate surface area is 105 Å². The first-order chi connectivity index (χ1) is 8.45. The van der Waals surface area contributed by atoms with E-state index in [1.54, 1.807) is 13.0 Å². The molecule has 0 aliphatic heterocycles. The highest BCUT2D eigenvalue weighted by Gasteiger charge is 2.21. The molecule has 0 aliphatic rings. The molecule has 1 unspecified atom stereocenters. The van der Waals surface area contributed by atoms with E-state index in [0.717, 1.165) is 5.56 Å². The molecule has 0 spiro atoms. The minimum Gasteiger partial charge on any atom is -0.480 e. The van der Waals surface area contributed by atoms with Crippen LogP contribution in [-0.4, -0.2) is 23.0 Å². The van der Waals surface area contributed by atoms with Gasteiger partial charge in [0.15, 0.2) is 0 Å². The van der Waals surface area contributed by atoms with Gasteiger partial charge in [-0.05, 0) is 25.5 Å². The van der Waals surface area contributed by atoms with Crippen LogP contribution in [0.3, 0.4) is 0 Å². The van der Waals surface area contributed by atoms with Crippen LogP contribution in [0, 0.1) is 12.7 Å². The van der Waals surface area contributed by atoms with Crippen LogP contribution in [0.25, 0.3) is 0 Å². The Morgan fingerprint density at radius 1 is 1.44 bits per heavy atom. The van der Waals surface area contributed by atoms with Gasteiger partial charge in [0.25, 0.3) is 5.91 Å². The second kappa shape index (κ2) is 6.14. The number of carboxylic acid groups (broad SMARTS) is 1. The van der Waals surface area contributed by atoms with E-state index in [1.165, 1.54) is 12.1 Å². The zero-order valence-corrected chi connectivity index (χ0v) is 10.4. The lowest BCUT2D eigenvalue weighted by atomic mass is 10.1. The van der Waals surface area contributed by atoms with Gasteiger partial charge in [0.1, 0.15) is 11.9 Å². The summed E-state index contributed by atoms with van der Waals surface area (Å²) in [6, 6.07) is 3.16. The van der Waals surface area contributed by atoms with E-state index in [4.69, 9.17) is 5.11 Å². The number of carboxylic acids is 1. The van der Waals surface area contributed by atoms with Gasteiger partial charge in [-0.3, -0.25) is 4.79 Å². The summed E-state index contributed by atoms with van der Waals surface area (Å²) in [4.78, 5) is 22.7. The molecule has 0 saturated carbocycles. The van der Waals surface area contributed by atoms with Crippen molar-refractivity contribution in [3.63, 3.8) is 0 Å². The minimum atomic E-state index is -1.11. The number of hydrogen-bond donors (Lipinski definition) is 2. The summed E-state index contributed by atoms with van der Waals surface area (Å²) in [5.74, 6) is -2.46. The maximum absolute atomic E-state index is 13.4. The number of aliphatic carboxylic acids is 1. The second-order valence-electron chi connectivity index (χ2n) is 4.14. The molecule has 0 fully saturated rings. The molecule has 5 heteroatoms. The van der Waals surface area contributed by atoms with Crippen LogP contribution >= 0.6 is 0 Å². The molecule has 0 heterocycles. The fourth-order valence-electron chi connectivity index (χ4n) is 1.60. The average molecular weight is 253 g/mol. The van der Waals surface area contributed by atoms with Gasteiger partial charge in [0.05, 0.1) is 5.56 Å². The smallest absolute Gasteiger partial charge is 0.326 e. The third-order valence-electron chi connectivity index (χ3n) is 2.55. The molecule has 18 heavy (non-hydrogen) atoms. The summed E-state index contributed by atoms with van der Waals surface area (Å²) in [5.41, 5.74) is 0.612. The Hall–Kier alpha value is -1.91. The van der Waals surface area contributed by atoms with Crippen molar-refractivity contribution in [2.24, 2.45) is 0 Å². The Balaban J connectivity index is 2.86. The highest BCUT2D eigenvalue weighted by molar-refractivity contribution is 5.96. The molecule has 1 aromatic carbocycles. The van der Waals surface area contributed by atoms with Gasteiger partial charge in [-0.1, -0.05) is 25.0 Å². The lowest BCUT2D eigenvalue weighted by molar-refractivity contribution is -0.139. The van der Waals surface area contributed by atoms with Crippen LogP contribution in [0.15, 0.2) is 18.2 Å². The normalized spacial score (nSPS) is 11.9. The zero-order chi connectivity index (χ0) is 13.7. The molecule has 0 saturated heterocycles. The number of halogens is 1. The first-order valence-electron chi connectivity index (χ1n) is 5.75. The van der Waals surface area contributed by atoms with Crippen molar-refractivity contribution < 1.29 is 19.1 Å². The number of rotatable bonds is 5. The van der Waals surface area contributed by atoms with Crippen molar-refractivity contribution in [3.05, 3.63) is 35.1 Å². The van der Waals surface area contributed by atoms with Gasteiger partial charge in [-0.2, -0.15) is 0 Å². The number of benzene rings is 1. The Morgan fingerprint density at radius 2 is 2.11 bits per heavy atom. The summed E-state index contributed by atoms with van der Waals surface area (Å²) in [7, 11) is 0. The molecule has 0 radical (unpaired) electrons. The van der Waals surface area contributed by atoms with Gasteiger partial charge < -0.3 is 10.4 Å². The van der Waals surface area contributed by atoms with Crippen molar-refractivity contribution in [1.82, 2.24) is 5.32 Å². The summed E-state index contributed by atoms with van der Waals surface area (Å²) >= 11 is 0. The Kier molecular flexibility index (Phi) is 4.83. The maximum atomic E-state index is 13.4. The summed E-state index contributed by atoms with van der Waals surface area (Å²) in [5, 5.41) is 11.2. The SMILES string of the molecule is CCCC(NC(=O)c1cc(C)ccc1F)C(=O)O. The number of hydrogen-bond acceptors (Lipinski definition) is 2. The van der Waals surface area contributed by atoms with Crippen molar-refractivity contribution in [1.29, 1.82) is 0 Å². The van der Waals surface area contributed by atoms with Gasteiger partial charge >= 0.3 is 5.97 Å². The predicted molar refractivity (Wildman–Crippen MR) is 64.9 cm³/mol. The van der Waals surface area contributed by atoms with E-state index in [-0.39, 0.29) is 5.56 Å². The molecule has 2 N–H and O–H groups in total. The number of carbonyl (C=O) groups excluding carboxylic acids is 1. The molecule has 1 atom stereocenters. The molecule has 0 aliphatic carbocycles. The van der Waals surface area contributed by atoms with Gasteiger partial charge in [-0.15, -0.1) is 0 Å². The summed E-state index contributed by atoms with van der Waals surface area (Å²) < 4.78 is 13.4. The van der Waals surface area contributed by atoms with Crippen LogP contribution in [0.2, 0.25) is 0 Å². The molecular weight excluding hydrogens is 237 g/mol. The van der Waals surface area contributed by atoms with E-state index in [2.05, 4.69) is 5.32 Å². The summed E-state index contributed by atoms with van der Waals surface area (Å²) in [6.45, 7) is 3.55. The fraction of sp³-hybridized carbons (Fsp3) is 0.385. The van der Waals surface area contributed by atoms with E-state index < -0.39 is 23.7 Å². The molecule has 0 bridgehead atoms. The van der Waals surface area contributed by atoms with Gasteiger partial charge in [0, 0.05) is 0 Å². The maximum Gasteiger partial charge on any atom is 0.326 e. The monoisotopic (exact) mass is 253 g/mol. The number of aryl methyl sites for hydroxylation is 1. The molecule has 1 amide bonds. The van der Waals surface area contributed by atoms with Crippen molar-refractivity contribution in [3.8, 4) is 0 Å². The van der Waals surface area contributed by atoms with Crippen molar-refractivity contribution in [2.75, 3.05) is 0 Å². The number of nitrogens with one attached hydrogen (secondary N) is 1. The molecule has 98 valence electrons. The second-order valence-corrected chi connectivity index (χ2v) is 4.14. The Bertz CT molecular complexity index is 460. The van der Waals surface area contributed by atoms with Crippen LogP contribution in [0.5, 0.6) is 0 Å². The molecule has 1 rings (SSSR count). The predicted octanol–water partition coefficient (Wildman–Crippen LogP) is 2.12. The molecule has 4 nitrogen and oxygen atoms in total. The number of amides is 1. The molecule has 0 aromatic heterocycles. The number of carbonyl (C=O) groups is 2. The van der Waals surface area contributed by atoms with Crippen LogP contribution in [-0.2, 0) is 4.79 Å². The van der Waals surface area contributed by atoms with E-state index in [1.807, 2.05) is 6.92 Å². The molecular formula is C13H16FNO3. The van der Waals surface area contributed by atoms with E-state index in [9.17, 15) is 14.0 Å². The average Bonchev–Trinajstić information content (AvgIpc) is 2.31. The third-order valence-corrected chi connectivity index (χ3v) is 2.55. The van der Waals surface area contributed by atoms with Crippen molar-refractivity contribution >= 4 is 11.9 Å². The summed E-state index contributed by atoms with van der Waals surface area (Å²) in [6.07, 6.45) is 0.933. The minimum absolute atomic E-state index is 0.127. The zero-order valence-electron chi connectivity index (χ0n) is 10.4. The highest BCUT2D eigenvalue weighted by Crippen LogP contribution is 2.10. The van der Waals surface area contributed by atoms with Crippen LogP contribution in [0.1, 0.15) is 35.7 Å². The quantitative estimate of drug-likeness (QED) is 0.844. The van der Waals surface area contributed by atoms with Gasteiger partial charge in [-0.25, -0.2) is 9.18 Å². The highest BCUT2D eigenvalue weighted by atomic mass is 19.1. The van der Waals surface area contributed by atoms with E-state index >= 15 is 0 Å². The molecule has 1 aromatic rings. The van der Waals surface area contributed by atoms with Crippen LogP contribution < -0.4 is 5.32 Å². The lowest BCUT2D eigenvalue weighted by Gasteiger charge is -2.14. The topological polar surface area (TPSA) is 66.4 Å². The standard InChI is InChI=1S/C13H16FNO3/c1-3-4-11(13(17)18)15-12(16)9-7-8(2)5-6-10(9)14/h5-7,11H,3-4H2,1-2H3,(H,15,16)(H,17,18). The van der Waals surface area contributed by atoms with E-state index in [0.29, 0.717) is 12.8 Å². The fourth-order valence-corrected chi connectivity index (χ4v) is 1.60. The van der Waals surface area contributed by atoms with Crippen molar-refractivity contribution in [2.45, 2.75) is 32.7 Å². The first-order valence-corrected chi connectivity index (χ1v) is 5.75. The van der Waals surface area contributed by atoms with Gasteiger partial charge in [0.2, 0.25) is 0 Å². The third kappa shape index (κ3) is 3.55. The van der Waals surface area contributed by atoms with Crippen LogP contribution in [0.4, 0.5) is 4.39 Å².